The number of amides is 1. The predicted octanol–water partition coefficient (Wildman–Crippen LogP) is 7.37. The van der Waals surface area contributed by atoms with Crippen molar-refractivity contribution in [2.45, 2.75) is 65.3 Å². The number of piperidine rings is 2. The van der Waals surface area contributed by atoms with Crippen molar-refractivity contribution in [3.8, 4) is 0 Å². The van der Waals surface area contributed by atoms with Crippen LogP contribution < -0.4 is 0 Å². The van der Waals surface area contributed by atoms with Gasteiger partial charge in [-0.1, -0.05) is 45.9 Å². The molecular formula is C32H43F3N4O. The van der Waals surface area contributed by atoms with E-state index in [4.69, 9.17) is 0 Å². The average Bonchev–Trinajstić information content (AvgIpc) is 3.44. The molecule has 0 atom stereocenters. The number of rotatable bonds is 5. The summed E-state index contributed by atoms with van der Waals surface area (Å²) in [5.41, 5.74) is 2.73. The molecule has 2 saturated heterocycles. The fourth-order valence-electron chi connectivity index (χ4n) is 5.56. The van der Waals surface area contributed by atoms with Crippen LogP contribution in [-0.2, 0) is 4.79 Å². The van der Waals surface area contributed by atoms with E-state index >= 15 is 0 Å². The molecule has 1 N–H and O–H groups in total. The van der Waals surface area contributed by atoms with Gasteiger partial charge in [-0.15, -0.1) is 0 Å². The molecule has 0 aliphatic carbocycles. The van der Waals surface area contributed by atoms with E-state index in [9.17, 15) is 18.0 Å². The molecule has 3 aromatic rings. The van der Waals surface area contributed by atoms with Gasteiger partial charge in [0.05, 0.1) is 0 Å². The second-order valence-corrected chi connectivity index (χ2v) is 9.78. The molecule has 8 heteroatoms. The molecule has 2 fully saturated rings. The maximum absolute atomic E-state index is 13.4. The normalized spacial score (nSPS) is 17.1. The Morgan fingerprint density at radius 1 is 0.925 bits per heavy atom. The molecule has 0 saturated carbocycles. The minimum Gasteiger partial charge on any atom is -0.361 e. The van der Waals surface area contributed by atoms with Crippen LogP contribution in [0.3, 0.4) is 0 Å². The van der Waals surface area contributed by atoms with Crippen LogP contribution >= 0.6 is 0 Å². The average molecular weight is 557 g/mol. The lowest BCUT2D eigenvalue weighted by Crippen LogP contribution is -2.53. The molecule has 2 aliphatic rings. The standard InChI is InChI=1S/C28H31F3N4O.2C2H6/c1-33(35-14-8-20(9-15-35)23-18-32-26-5-3-2-4-22(23)26)21-10-12-34(13-11-21)27(36)7-6-19-16-24(29)28(31)25(30)17-19;2*1-2/h2-7,16-18,20-21,32H,8-15H2,1H3;2*1-2H3/b7-6+;;. The first-order valence-corrected chi connectivity index (χ1v) is 14.6. The number of aromatic nitrogens is 1. The van der Waals surface area contributed by atoms with E-state index in [1.165, 1.54) is 28.6 Å². The second-order valence-electron chi connectivity index (χ2n) is 9.78. The van der Waals surface area contributed by atoms with Crippen molar-refractivity contribution >= 4 is 22.9 Å². The van der Waals surface area contributed by atoms with Crippen LogP contribution in [-0.4, -0.2) is 65.1 Å². The summed E-state index contributed by atoms with van der Waals surface area (Å²) in [5, 5.41) is 6.11. The van der Waals surface area contributed by atoms with Gasteiger partial charge in [-0.3, -0.25) is 4.79 Å². The van der Waals surface area contributed by atoms with E-state index in [1.54, 1.807) is 4.90 Å². The molecule has 5 nitrogen and oxygen atoms in total. The number of para-hydroxylation sites is 1. The molecule has 1 aromatic heterocycles. The molecule has 0 radical (unpaired) electrons. The molecule has 3 heterocycles. The molecule has 40 heavy (non-hydrogen) atoms. The van der Waals surface area contributed by atoms with E-state index in [1.807, 2.05) is 27.7 Å². The zero-order valence-electron chi connectivity index (χ0n) is 24.4. The Morgan fingerprint density at radius 2 is 1.52 bits per heavy atom. The Kier molecular flexibility index (Phi) is 11.8. The van der Waals surface area contributed by atoms with Crippen molar-refractivity contribution in [2.24, 2.45) is 0 Å². The highest BCUT2D eigenvalue weighted by atomic mass is 19.2. The van der Waals surface area contributed by atoms with Crippen molar-refractivity contribution in [1.29, 1.82) is 0 Å². The number of hydrazine groups is 1. The van der Waals surface area contributed by atoms with Crippen molar-refractivity contribution in [2.75, 3.05) is 33.2 Å². The van der Waals surface area contributed by atoms with Crippen LogP contribution in [0.25, 0.3) is 17.0 Å². The number of halogens is 3. The van der Waals surface area contributed by atoms with Gasteiger partial charge < -0.3 is 9.88 Å². The molecular weight excluding hydrogens is 513 g/mol. The van der Waals surface area contributed by atoms with Gasteiger partial charge in [-0.2, -0.15) is 0 Å². The molecule has 0 unspecified atom stereocenters. The van der Waals surface area contributed by atoms with Crippen LogP contribution in [0.5, 0.6) is 0 Å². The summed E-state index contributed by atoms with van der Waals surface area (Å²) in [5.74, 6) is -3.69. The summed E-state index contributed by atoms with van der Waals surface area (Å²) in [6, 6.07) is 10.6. The Morgan fingerprint density at radius 3 is 2.15 bits per heavy atom. The number of likely N-dealkylation sites (tertiary alicyclic amines) is 1. The van der Waals surface area contributed by atoms with Crippen molar-refractivity contribution in [3.63, 3.8) is 0 Å². The molecule has 5 rings (SSSR count). The Labute approximate surface area is 236 Å². The Bertz CT molecular complexity index is 1240. The van der Waals surface area contributed by atoms with Crippen LogP contribution in [0.1, 0.15) is 70.4 Å². The van der Waals surface area contributed by atoms with Crippen LogP contribution in [0.2, 0.25) is 0 Å². The third-order valence-corrected chi connectivity index (χ3v) is 7.71. The van der Waals surface area contributed by atoms with Gasteiger partial charge in [0, 0.05) is 62.4 Å². The molecule has 2 aromatic carbocycles. The fraction of sp³-hybridized carbons (Fsp3) is 0.469. The molecule has 0 bridgehead atoms. The molecule has 2 aliphatic heterocycles. The third kappa shape index (κ3) is 7.34. The maximum atomic E-state index is 13.4. The highest BCUT2D eigenvalue weighted by molar-refractivity contribution is 5.91. The zero-order chi connectivity index (χ0) is 29.2. The lowest BCUT2D eigenvalue weighted by Gasteiger charge is -2.44. The fourth-order valence-corrected chi connectivity index (χ4v) is 5.56. The molecule has 218 valence electrons. The van der Waals surface area contributed by atoms with E-state index < -0.39 is 17.5 Å². The van der Waals surface area contributed by atoms with Crippen LogP contribution in [0.4, 0.5) is 13.2 Å². The van der Waals surface area contributed by atoms with Crippen molar-refractivity contribution in [1.82, 2.24) is 19.9 Å². The summed E-state index contributed by atoms with van der Waals surface area (Å²) < 4.78 is 39.9. The summed E-state index contributed by atoms with van der Waals surface area (Å²) in [7, 11) is 2.14. The first-order chi connectivity index (χ1) is 19.4. The molecule has 1 amide bonds. The smallest absolute Gasteiger partial charge is 0.246 e. The number of H-pyrrole nitrogens is 1. The van der Waals surface area contributed by atoms with Crippen molar-refractivity contribution < 1.29 is 18.0 Å². The van der Waals surface area contributed by atoms with E-state index in [0.717, 1.165) is 50.9 Å². The number of fused-ring (bicyclic) bond motifs is 1. The first-order valence-electron chi connectivity index (χ1n) is 14.6. The number of hydrogen-bond donors (Lipinski definition) is 1. The number of carbonyl (C=O) groups is 1. The first kappa shape index (κ1) is 31.4. The van der Waals surface area contributed by atoms with Crippen LogP contribution in [0, 0.1) is 17.5 Å². The maximum Gasteiger partial charge on any atom is 0.246 e. The van der Waals surface area contributed by atoms with Gasteiger partial charge in [0.2, 0.25) is 5.91 Å². The largest absolute Gasteiger partial charge is 0.361 e. The van der Waals surface area contributed by atoms with E-state index in [-0.39, 0.29) is 11.5 Å². The quantitative estimate of drug-likeness (QED) is 0.264. The lowest BCUT2D eigenvalue weighted by atomic mass is 9.89. The third-order valence-electron chi connectivity index (χ3n) is 7.71. The molecule has 0 spiro atoms. The number of benzene rings is 2. The number of nitrogens with one attached hydrogen (secondary N) is 1. The van der Waals surface area contributed by atoms with Gasteiger partial charge in [-0.05, 0) is 67.0 Å². The minimum absolute atomic E-state index is 0.116. The predicted molar refractivity (Wildman–Crippen MR) is 157 cm³/mol. The summed E-state index contributed by atoms with van der Waals surface area (Å²) >= 11 is 0. The topological polar surface area (TPSA) is 42.6 Å². The summed E-state index contributed by atoms with van der Waals surface area (Å²) in [6.45, 7) is 11.3. The second kappa shape index (κ2) is 15.1. The lowest BCUT2D eigenvalue weighted by molar-refractivity contribution is -0.129. The van der Waals surface area contributed by atoms with Crippen LogP contribution in [0.15, 0.2) is 48.7 Å². The van der Waals surface area contributed by atoms with Gasteiger partial charge in [0.1, 0.15) is 0 Å². The van der Waals surface area contributed by atoms with E-state index in [0.29, 0.717) is 25.0 Å². The highest BCUT2D eigenvalue weighted by Gasteiger charge is 2.30. The number of aromatic amines is 1. The van der Waals surface area contributed by atoms with E-state index in [2.05, 4.69) is 52.5 Å². The van der Waals surface area contributed by atoms with Gasteiger partial charge in [0.25, 0.3) is 0 Å². The highest BCUT2D eigenvalue weighted by Crippen LogP contribution is 2.34. The Balaban J connectivity index is 0.00000106. The minimum atomic E-state index is -1.51. The Hall–Kier alpha value is -3.10. The monoisotopic (exact) mass is 556 g/mol. The summed E-state index contributed by atoms with van der Waals surface area (Å²) in [6.07, 6.45) is 8.73. The number of carbonyl (C=O) groups excluding carboxylic acids is 1. The number of hydrogen-bond acceptors (Lipinski definition) is 3. The SMILES string of the molecule is CC.CC.CN(C1CCN(C(=O)/C=C/c2cc(F)c(F)c(F)c2)CC1)N1CCC(c2c[nH]c3ccccc23)CC1. The van der Waals surface area contributed by atoms with Crippen molar-refractivity contribution in [3.05, 3.63) is 77.2 Å². The zero-order valence-corrected chi connectivity index (χ0v) is 24.4. The summed E-state index contributed by atoms with van der Waals surface area (Å²) in [4.78, 5) is 17.7. The van der Waals surface area contributed by atoms with Gasteiger partial charge in [-0.25, -0.2) is 23.2 Å². The number of nitrogens with zero attached hydrogens (tertiary/aromatic N) is 3. The van der Waals surface area contributed by atoms with Gasteiger partial charge in [0.15, 0.2) is 17.5 Å². The van der Waals surface area contributed by atoms with Gasteiger partial charge >= 0.3 is 0 Å².